The van der Waals surface area contributed by atoms with E-state index in [1.165, 1.54) is 24.1 Å². The molecule has 6 nitrogen and oxygen atoms in total. The van der Waals surface area contributed by atoms with E-state index >= 15 is 0 Å². The van der Waals surface area contributed by atoms with Crippen LogP contribution in [0.5, 0.6) is 0 Å². The molecule has 1 N–H and O–H groups in total. The van der Waals surface area contributed by atoms with Gasteiger partial charge in [0.25, 0.3) is 5.91 Å². The van der Waals surface area contributed by atoms with E-state index in [0.717, 1.165) is 11.1 Å². The topological polar surface area (TPSA) is 85.9 Å². The average Bonchev–Trinajstić information content (AvgIpc) is 3.11. The summed E-state index contributed by atoms with van der Waals surface area (Å²) in [5.74, 6) is -1.16. The average molecular weight is 381 g/mol. The smallest absolute Gasteiger partial charge is 0.257 e. The molecule has 2 aromatic carbocycles. The van der Waals surface area contributed by atoms with Crippen molar-refractivity contribution >= 4 is 11.6 Å². The molecule has 28 heavy (non-hydrogen) atoms. The number of amides is 1. The van der Waals surface area contributed by atoms with E-state index < -0.39 is 17.8 Å². The summed E-state index contributed by atoms with van der Waals surface area (Å²) in [4.78, 5) is 19.0. The Morgan fingerprint density at radius 3 is 2.86 bits per heavy atom. The fourth-order valence-electron chi connectivity index (χ4n) is 3.45. The largest absolute Gasteiger partial charge is 0.399 e. The zero-order chi connectivity index (χ0) is 20.3. The van der Waals surface area contributed by atoms with Crippen molar-refractivity contribution in [3.8, 4) is 17.2 Å². The van der Waals surface area contributed by atoms with E-state index in [9.17, 15) is 19.6 Å². The fourth-order valence-corrected chi connectivity index (χ4v) is 3.45. The highest BCUT2D eigenvalue weighted by Crippen LogP contribution is 2.28. The number of hydrogen-bond donors (Lipinski definition) is 1. The fraction of sp³-hybridized carbons (Fsp3) is 0.286. The van der Waals surface area contributed by atoms with Gasteiger partial charge < -0.3 is 14.8 Å². The summed E-state index contributed by atoms with van der Waals surface area (Å²) in [6.45, 7) is 1.74. The Labute approximate surface area is 162 Å². The maximum atomic E-state index is 14.8. The quantitative estimate of drug-likeness (QED) is 0.825. The van der Waals surface area contributed by atoms with Crippen LogP contribution in [0.4, 0.5) is 4.39 Å². The standard InChI is InChI=1S/C21H20FN3O3/c1-13-15(10-23)4-3-5-18(13)14-6-7-19(20(22)8-14)21(27)25-11-16(24-28-2)9-17(25)12-26/h3-8,17,26H,9,11-12H2,1-2H3/b24-16-/t17-/m0/s1. The maximum absolute atomic E-state index is 14.8. The zero-order valence-electron chi connectivity index (χ0n) is 15.6. The Hall–Kier alpha value is -3.24. The molecule has 0 unspecified atom stereocenters. The van der Waals surface area contributed by atoms with Crippen LogP contribution in [0.25, 0.3) is 11.1 Å². The summed E-state index contributed by atoms with van der Waals surface area (Å²) in [5.41, 5.74) is 3.15. The van der Waals surface area contributed by atoms with Crippen molar-refractivity contribution in [1.82, 2.24) is 4.90 Å². The van der Waals surface area contributed by atoms with E-state index in [-0.39, 0.29) is 18.7 Å². The summed E-state index contributed by atoms with van der Waals surface area (Å²) in [7, 11) is 1.41. The second kappa shape index (κ2) is 8.19. The maximum Gasteiger partial charge on any atom is 0.257 e. The van der Waals surface area contributed by atoms with Gasteiger partial charge in [0, 0.05) is 6.42 Å². The van der Waals surface area contributed by atoms with Crippen molar-refractivity contribution in [2.24, 2.45) is 5.16 Å². The molecule has 0 bridgehead atoms. The molecule has 3 rings (SSSR count). The van der Waals surface area contributed by atoms with Crippen molar-refractivity contribution in [3.05, 3.63) is 58.9 Å². The van der Waals surface area contributed by atoms with Gasteiger partial charge in [-0.05, 0) is 41.8 Å². The third kappa shape index (κ3) is 3.59. The Morgan fingerprint density at radius 1 is 1.43 bits per heavy atom. The molecule has 1 aliphatic heterocycles. The minimum absolute atomic E-state index is 0.0741. The van der Waals surface area contributed by atoms with Gasteiger partial charge in [0.2, 0.25) is 0 Å². The molecule has 0 saturated carbocycles. The van der Waals surface area contributed by atoms with Crippen molar-refractivity contribution in [3.63, 3.8) is 0 Å². The first kappa shape index (κ1) is 19.5. The van der Waals surface area contributed by atoms with Crippen LogP contribution in [0.15, 0.2) is 41.6 Å². The summed E-state index contributed by atoms with van der Waals surface area (Å²) >= 11 is 0. The first-order valence-corrected chi connectivity index (χ1v) is 8.80. The number of hydrogen-bond acceptors (Lipinski definition) is 5. The Morgan fingerprint density at radius 2 is 2.21 bits per heavy atom. The third-order valence-corrected chi connectivity index (χ3v) is 4.92. The molecule has 1 heterocycles. The highest BCUT2D eigenvalue weighted by atomic mass is 19.1. The lowest BCUT2D eigenvalue weighted by Gasteiger charge is -2.22. The second-order valence-corrected chi connectivity index (χ2v) is 6.60. The summed E-state index contributed by atoms with van der Waals surface area (Å²) in [5, 5.41) is 22.6. The van der Waals surface area contributed by atoms with Gasteiger partial charge in [-0.3, -0.25) is 4.79 Å². The molecule has 1 saturated heterocycles. The van der Waals surface area contributed by atoms with Crippen molar-refractivity contribution in [1.29, 1.82) is 5.26 Å². The van der Waals surface area contributed by atoms with Gasteiger partial charge in [-0.1, -0.05) is 23.4 Å². The predicted octanol–water partition coefficient (Wildman–Crippen LogP) is 2.88. The summed E-state index contributed by atoms with van der Waals surface area (Å²) in [6, 6.07) is 11.3. The molecule has 0 spiro atoms. The van der Waals surface area contributed by atoms with E-state index in [1.807, 2.05) is 6.07 Å². The number of oxime groups is 1. The number of nitriles is 1. The number of nitrogens with zero attached hydrogens (tertiary/aromatic N) is 3. The van der Waals surface area contributed by atoms with Crippen LogP contribution in [-0.2, 0) is 4.84 Å². The summed E-state index contributed by atoms with van der Waals surface area (Å²) < 4.78 is 14.8. The van der Waals surface area contributed by atoms with Crippen LogP contribution in [0.1, 0.15) is 27.9 Å². The number of carbonyl (C=O) groups excluding carboxylic acids is 1. The number of halogens is 1. The molecular weight excluding hydrogens is 361 g/mol. The van der Waals surface area contributed by atoms with Crippen molar-refractivity contribution < 1.29 is 19.1 Å². The first-order valence-electron chi connectivity index (χ1n) is 8.80. The normalized spacial score (nSPS) is 17.6. The van der Waals surface area contributed by atoms with Gasteiger partial charge >= 0.3 is 0 Å². The van der Waals surface area contributed by atoms with Gasteiger partial charge in [-0.2, -0.15) is 5.26 Å². The van der Waals surface area contributed by atoms with E-state index in [0.29, 0.717) is 23.3 Å². The first-order chi connectivity index (χ1) is 13.5. The van der Waals surface area contributed by atoms with Crippen molar-refractivity contribution in [2.75, 3.05) is 20.3 Å². The van der Waals surface area contributed by atoms with Crippen LogP contribution in [0, 0.1) is 24.1 Å². The number of carbonyl (C=O) groups is 1. The van der Waals surface area contributed by atoms with Crippen LogP contribution in [0.2, 0.25) is 0 Å². The van der Waals surface area contributed by atoms with E-state index in [4.69, 9.17) is 4.84 Å². The molecular formula is C21H20FN3O3. The molecule has 1 atom stereocenters. The molecule has 1 amide bonds. The predicted molar refractivity (Wildman–Crippen MR) is 102 cm³/mol. The van der Waals surface area contributed by atoms with Gasteiger partial charge in [0.15, 0.2) is 0 Å². The lowest BCUT2D eigenvalue weighted by atomic mass is 9.96. The third-order valence-electron chi connectivity index (χ3n) is 4.92. The summed E-state index contributed by atoms with van der Waals surface area (Å²) in [6.07, 6.45) is 0.385. The van der Waals surface area contributed by atoms with Gasteiger partial charge in [-0.15, -0.1) is 0 Å². The highest BCUT2D eigenvalue weighted by Gasteiger charge is 2.34. The molecule has 144 valence electrons. The van der Waals surface area contributed by atoms with Crippen LogP contribution in [0.3, 0.4) is 0 Å². The Balaban J connectivity index is 1.92. The minimum atomic E-state index is -0.655. The number of rotatable bonds is 4. The minimum Gasteiger partial charge on any atom is -0.399 e. The molecule has 0 aromatic heterocycles. The monoisotopic (exact) mass is 381 g/mol. The van der Waals surface area contributed by atoms with Crippen LogP contribution in [-0.4, -0.2) is 47.9 Å². The Bertz CT molecular complexity index is 981. The Kier molecular flexibility index (Phi) is 5.71. The van der Waals surface area contributed by atoms with Crippen LogP contribution < -0.4 is 0 Å². The molecule has 1 aliphatic rings. The highest BCUT2D eigenvalue weighted by molar-refractivity contribution is 6.01. The lowest BCUT2D eigenvalue weighted by molar-refractivity contribution is 0.0675. The number of aliphatic hydroxyl groups is 1. The number of aliphatic hydroxyl groups excluding tert-OH is 1. The van der Waals surface area contributed by atoms with Gasteiger partial charge in [-0.25, -0.2) is 4.39 Å². The molecule has 1 fully saturated rings. The molecule has 2 aromatic rings. The van der Waals surface area contributed by atoms with E-state index in [2.05, 4.69) is 11.2 Å². The van der Waals surface area contributed by atoms with Gasteiger partial charge in [0.05, 0.1) is 42.1 Å². The molecule has 0 radical (unpaired) electrons. The number of benzene rings is 2. The molecule has 7 heteroatoms. The number of likely N-dealkylation sites (tertiary alicyclic amines) is 1. The molecule has 0 aliphatic carbocycles. The second-order valence-electron chi connectivity index (χ2n) is 6.60. The zero-order valence-corrected chi connectivity index (χ0v) is 15.6. The van der Waals surface area contributed by atoms with E-state index in [1.54, 1.807) is 25.1 Å². The van der Waals surface area contributed by atoms with Gasteiger partial charge in [0.1, 0.15) is 12.9 Å². The lowest BCUT2D eigenvalue weighted by Crippen LogP contribution is -2.38. The van der Waals surface area contributed by atoms with Crippen LogP contribution >= 0.6 is 0 Å². The van der Waals surface area contributed by atoms with Crippen molar-refractivity contribution in [2.45, 2.75) is 19.4 Å². The SMILES string of the molecule is CO/N=C1/C[C@@H](CO)N(C(=O)c2ccc(-c3cccc(C#N)c3C)cc2F)C1.